The Labute approximate surface area is 100 Å². The summed E-state index contributed by atoms with van der Waals surface area (Å²) in [5, 5.41) is 9.05. The highest BCUT2D eigenvalue weighted by molar-refractivity contribution is 5.89. The van der Waals surface area contributed by atoms with Gasteiger partial charge in [0, 0.05) is 0 Å². The summed E-state index contributed by atoms with van der Waals surface area (Å²) in [4.78, 5) is 11.0. The van der Waals surface area contributed by atoms with E-state index in [1.807, 2.05) is 0 Å². The lowest BCUT2D eigenvalue weighted by Gasteiger charge is -2.13. The number of hydrogen-bond acceptors (Lipinski definition) is 3. The Morgan fingerprint density at radius 3 is 2.53 bits per heavy atom. The van der Waals surface area contributed by atoms with Crippen molar-refractivity contribution in [2.24, 2.45) is 5.92 Å². The zero-order chi connectivity index (χ0) is 12.4. The van der Waals surface area contributed by atoms with Crippen LogP contribution in [-0.4, -0.2) is 25.3 Å². The second kappa shape index (κ2) is 4.65. The Kier molecular flexibility index (Phi) is 3.22. The molecule has 0 aliphatic heterocycles. The van der Waals surface area contributed by atoms with E-state index in [9.17, 15) is 4.79 Å². The largest absolute Gasteiger partial charge is 0.493 e. The van der Waals surface area contributed by atoms with Gasteiger partial charge in [-0.1, -0.05) is 0 Å². The number of methoxy groups -OCH3 is 2. The second-order valence-corrected chi connectivity index (χ2v) is 4.32. The van der Waals surface area contributed by atoms with E-state index in [1.54, 1.807) is 13.2 Å². The molecule has 0 bridgehead atoms. The highest BCUT2D eigenvalue weighted by Gasteiger charge is 2.25. The number of benzene rings is 1. The molecule has 92 valence electrons. The molecule has 0 aromatic heterocycles. The Hall–Kier alpha value is -1.71. The van der Waals surface area contributed by atoms with Gasteiger partial charge in [-0.05, 0) is 42.9 Å². The molecule has 0 radical (unpaired) electrons. The van der Waals surface area contributed by atoms with Crippen LogP contribution in [0.4, 0.5) is 0 Å². The van der Waals surface area contributed by atoms with Gasteiger partial charge >= 0.3 is 5.97 Å². The zero-order valence-electron chi connectivity index (χ0n) is 10.0. The van der Waals surface area contributed by atoms with E-state index in [2.05, 4.69) is 0 Å². The lowest BCUT2D eigenvalue weighted by molar-refractivity contribution is 0.0696. The first-order chi connectivity index (χ1) is 8.15. The smallest absolute Gasteiger partial charge is 0.335 e. The molecular weight excluding hydrogens is 220 g/mol. The second-order valence-electron chi connectivity index (χ2n) is 4.32. The Morgan fingerprint density at radius 1 is 1.35 bits per heavy atom. The number of aromatic carboxylic acids is 1. The third-order valence-electron chi connectivity index (χ3n) is 3.01. The van der Waals surface area contributed by atoms with Crippen molar-refractivity contribution in [3.63, 3.8) is 0 Å². The van der Waals surface area contributed by atoms with E-state index in [1.165, 1.54) is 26.0 Å². The van der Waals surface area contributed by atoms with Crippen LogP contribution in [0.15, 0.2) is 12.1 Å². The van der Waals surface area contributed by atoms with E-state index in [0.717, 1.165) is 12.0 Å². The summed E-state index contributed by atoms with van der Waals surface area (Å²) in [7, 11) is 3.10. The van der Waals surface area contributed by atoms with E-state index < -0.39 is 5.97 Å². The van der Waals surface area contributed by atoms with E-state index in [-0.39, 0.29) is 5.56 Å². The van der Waals surface area contributed by atoms with Gasteiger partial charge in [-0.25, -0.2) is 4.79 Å². The molecule has 1 aliphatic carbocycles. The van der Waals surface area contributed by atoms with Crippen LogP contribution in [0.25, 0.3) is 0 Å². The molecule has 0 heterocycles. The fourth-order valence-corrected chi connectivity index (χ4v) is 1.95. The number of hydrogen-bond donors (Lipinski definition) is 1. The molecule has 0 amide bonds. The van der Waals surface area contributed by atoms with Gasteiger partial charge in [0.1, 0.15) is 0 Å². The van der Waals surface area contributed by atoms with Gasteiger partial charge in [0.15, 0.2) is 11.5 Å². The van der Waals surface area contributed by atoms with Crippen molar-refractivity contribution in [3.05, 3.63) is 23.3 Å². The van der Waals surface area contributed by atoms with Crippen LogP contribution < -0.4 is 9.47 Å². The molecule has 0 unspecified atom stereocenters. The van der Waals surface area contributed by atoms with Gasteiger partial charge in [-0.3, -0.25) is 0 Å². The van der Waals surface area contributed by atoms with Crippen LogP contribution in [0, 0.1) is 5.92 Å². The normalized spacial score (nSPS) is 14.5. The molecular formula is C13H16O4. The van der Waals surface area contributed by atoms with Crippen LogP contribution in [-0.2, 0) is 6.42 Å². The fourth-order valence-electron chi connectivity index (χ4n) is 1.95. The predicted octanol–water partition coefficient (Wildman–Crippen LogP) is 2.35. The fraction of sp³-hybridized carbons (Fsp3) is 0.462. The van der Waals surface area contributed by atoms with Crippen LogP contribution in [0.2, 0.25) is 0 Å². The summed E-state index contributed by atoms with van der Waals surface area (Å²) in [6, 6.07) is 3.18. The maximum atomic E-state index is 11.0. The number of carboxylic acids is 1. The number of rotatable bonds is 5. The summed E-state index contributed by atoms with van der Waals surface area (Å²) in [6.07, 6.45) is 3.28. The molecule has 1 saturated carbocycles. The average molecular weight is 236 g/mol. The lowest BCUT2D eigenvalue weighted by Crippen LogP contribution is -2.03. The zero-order valence-corrected chi connectivity index (χ0v) is 10.0. The Bertz CT molecular complexity index is 435. The van der Waals surface area contributed by atoms with Crippen molar-refractivity contribution in [1.29, 1.82) is 0 Å². The van der Waals surface area contributed by atoms with Crippen molar-refractivity contribution >= 4 is 5.97 Å². The minimum Gasteiger partial charge on any atom is -0.493 e. The third-order valence-corrected chi connectivity index (χ3v) is 3.01. The maximum absolute atomic E-state index is 11.0. The quantitative estimate of drug-likeness (QED) is 0.852. The van der Waals surface area contributed by atoms with Gasteiger partial charge in [0.2, 0.25) is 0 Å². The SMILES string of the molecule is COc1cc(C(=O)O)cc(CC2CC2)c1OC. The summed E-state index contributed by atoms with van der Waals surface area (Å²) in [5.74, 6) is 0.869. The highest BCUT2D eigenvalue weighted by Crippen LogP contribution is 2.39. The van der Waals surface area contributed by atoms with Crippen LogP contribution >= 0.6 is 0 Å². The standard InChI is InChI=1S/C13H16O4/c1-16-11-7-10(13(14)15)6-9(12(11)17-2)5-8-3-4-8/h6-8H,3-5H2,1-2H3,(H,14,15). The van der Waals surface area contributed by atoms with Gasteiger partial charge in [0.25, 0.3) is 0 Å². The Balaban J connectivity index is 2.43. The monoisotopic (exact) mass is 236 g/mol. The summed E-state index contributed by atoms with van der Waals surface area (Å²) in [6.45, 7) is 0. The van der Waals surface area contributed by atoms with Crippen molar-refractivity contribution in [3.8, 4) is 11.5 Å². The van der Waals surface area contributed by atoms with Crippen LogP contribution in [0.3, 0.4) is 0 Å². The van der Waals surface area contributed by atoms with E-state index in [0.29, 0.717) is 17.4 Å². The first-order valence-corrected chi connectivity index (χ1v) is 5.64. The van der Waals surface area contributed by atoms with E-state index >= 15 is 0 Å². The molecule has 4 nitrogen and oxygen atoms in total. The minimum atomic E-state index is -0.942. The summed E-state index contributed by atoms with van der Waals surface area (Å²) < 4.78 is 10.5. The minimum absolute atomic E-state index is 0.248. The molecule has 0 spiro atoms. The molecule has 1 aromatic carbocycles. The molecule has 2 rings (SSSR count). The number of ether oxygens (including phenoxy) is 2. The molecule has 0 saturated heterocycles. The molecule has 1 N–H and O–H groups in total. The van der Waals surface area contributed by atoms with Gasteiger partial charge in [-0.2, -0.15) is 0 Å². The van der Waals surface area contributed by atoms with E-state index in [4.69, 9.17) is 14.6 Å². The topological polar surface area (TPSA) is 55.8 Å². The maximum Gasteiger partial charge on any atom is 0.335 e. The molecule has 1 aromatic rings. The predicted molar refractivity (Wildman–Crippen MR) is 62.9 cm³/mol. The first kappa shape index (κ1) is 11.8. The molecule has 0 atom stereocenters. The van der Waals surface area contributed by atoms with Gasteiger partial charge in [-0.15, -0.1) is 0 Å². The van der Waals surface area contributed by atoms with Crippen LogP contribution in [0.5, 0.6) is 11.5 Å². The summed E-state index contributed by atoms with van der Waals surface area (Å²) in [5.41, 5.74) is 1.17. The van der Waals surface area contributed by atoms with Crippen molar-refractivity contribution < 1.29 is 19.4 Å². The molecule has 1 aliphatic rings. The lowest BCUT2D eigenvalue weighted by atomic mass is 10.0. The van der Waals surface area contributed by atoms with Crippen molar-refractivity contribution in [2.75, 3.05) is 14.2 Å². The van der Waals surface area contributed by atoms with Gasteiger partial charge < -0.3 is 14.6 Å². The Morgan fingerprint density at radius 2 is 2.06 bits per heavy atom. The molecule has 4 heteroatoms. The summed E-state index contributed by atoms with van der Waals surface area (Å²) >= 11 is 0. The van der Waals surface area contributed by atoms with Gasteiger partial charge in [0.05, 0.1) is 19.8 Å². The van der Waals surface area contributed by atoms with Crippen molar-refractivity contribution in [1.82, 2.24) is 0 Å². The van der Waals surface area contributed by atoms with Crippen molar-refractivity contribution in [2.45, 2.75) is 19.3 Å². The average Bonchev–Trinajstić information content (AvgIpc) is 3.11. The highest BCUT2D eigenvalue weighted by atomic mass is 16.5. The number of carboxylic acid groups (broad SMARTS) is 1. The first-order valence-electron chi connectivity index (χ1n) is 5.64. The molecule has 17 heavy (non-hydrogen) atoms. The third kappa shape index (κ3) is 2.52. The van der Waals surface area contributed by atoms with Crippen LogP contribution in [0.1, 0.15) is 28.8 Å². The number of carbonyl (C=O) groups is 1. The molecule has 1 fully saturated rings.